The lowest BCUT2D eigenvalue weighted by atomic mass is 10.0. The summed E-state index contributed by atoms with van der Waals surface area (Å²) in [5, 5.41) is 3.27. The first-order chi connectivity index (χ1) is 9.56. The zero-order valence-corrected chi connectivity index (χ0v) is 13.0. The molecule has 0 bridgehead atoms. The maximum absolute atomic E-state index is 12.0. The summed E-state index contributed by atoms with van der Waals surface area (Å²) >= 11 is 9.37. The third-order valence-electron chi connectivity index (χ3n) is 2.84. The molecule has 0 fully saturated rings. The van der Waals surface area contributed by atoms with Gasteiger partial charge in [0.25, 0.3) is 0 Å². The van der Waals surface area contributed by atoms with Gasteiger partial charge in [0, 0.05) is 16.9 Å². The minimum atomic E-state index is -0.331. The number of nitrogens with one attached hydrogen (secondary N) is 1. The average molecular weight is 354 g/mol. The number of rotatable bonds is 4. The highest BCUT2D eigenvalue weighted by atomic mass is 79.9. The molecule has 0 heterocycles. The maximum Gasteiger partial charge on any atom is 0.226 e. The molecule has 0 radical (unpaired) electrons. The van der Waals surface area contributed by atoms with Crippen LogP contribution in [0.25, 0.3) is 0 Å². The van der Waals surface area contributed by atoms with E-state index in [1.807, 2.05) is 36.4 Å². The third-order valence-corrected chi connectivity index (χ3v) is 3.66. The van der Waals surface area contributed by atoms with E-state index in [1.165, 1.54) is 0 Å². The lowest BCUT2D eigenvalue weighted by molar-refractivity contribution is -0.116. The van der Waals surface area contributed by atoms with Gasteiger partial charge in [-0.1, -0.05) is 57.9 Å². The Labute approximate surface area is 131 Å². The summed E-state index contributed by atoms with van der Waals surface area (Å²) < 4.78 is 0.851. The molecular formula is C15H14BrClN2O. The summed E-state index contributed by atoms with van der Waals surface area (Å²) in [6, 6.07) is 14.5. The van der Waals surface area contributed by atoms with Crippen LogP contribution in [0.5, 0.6) is 0 Å². The van der Waals surface area contributed by atoms with Gasteiger partial charge >= 0.3 is 0 Å². The van der Waals surface area contributed by atoms with Gasteiger partial charge in [0.1, 0.15) is 0 Å². The Morgan fingerprint density at radius 2 is 1.95 bits per heavy atom. The van der Waals surface area contributed by atoms with Gasteiger partial charge in [-0.3, -0.25) is 4.79 Å². The predicted octanol–water partition coefficient (Wildman–Crippen LogP) is 4.13. The summed E-state index contributed by atoms with van der Waals surface area (Å²) in [7, 11) is 0. The first-order valence-corrected chi connectivity index (χ1v) is 7.29. The Balaban J connectivity index is 2.01. The van der Waals surface area contributed by atoms with Gasteiger partial charge in [-0.15, -0.1) is 0 Å². The van der Waals surface area contributed by atoms with E-state index in [9.17, 15) is 4.79 Å². The van der Waals surface area contributed by atoms with E-state index in [0.29, 0.717) is 10.7 Å². The van der Waals surface area contributed by atoms with Gasteiger partial charge in [0.15, 0.2) is 0 Å². The standard InChI is InChI=1S/C15H14BrClN2O/c16-11-6-7-12(17)14(8-11)19-15(20)9-13(18)10-4-2-1-3-5-10/h1-8,13H,9,18H2,(H,19,20). The van der Waals surface area contributed by atoms with Crippen LogP contribution in [0.2, 0.25) is 5.02 Å². The number of hydrogen-bond donors (Lipinski definition) is 2. The molecule has 2 rings (SSSR count). The Hall–Kier alpha value is -1.36. The molecule has 104 valence electrons. The van der Waals surface area contributed by atoms with E-state index in [1.54, 1.807) is 12.1 Å². The summed E-state index contributed by atoms with van der Waals surface area (Å²) in [4.78, 5) is 12.0. The van der Waals surface area contributed by atoms with E-state index in [2.05, 4.69) is 21.2 Å². The number of hydrogen-bond acceptors (Lipinski definition) is 2. The van der Waals surface area contributed by atoms with Gasteiger partial charge in [0.05, 0.1) is 10.7 Å². The minimum absolute atomic E-state index is 0.165. The van der Waals surface area contributed by atoms with Gasteiger partial charge in [-0.05, 0) is 23.8 Å². The Morgan fingerprint density at radius 3 is 2.65 bits per heavy atom. The number of carbonyl (C=O) groups is 1. The highest BCUT2D eigenvalue weighted by molar-refractivity contribution is 9.10. The number of nitrogens with two attached hydrogens (primary N) is 1. The van der Waals surface area contributed by atoms with Crippen LogP contribution in [-0.2, 0) is 4.79 Å². The maximum atomic E-state index is 12.0. The van der Waals surface area contributed by atoms with Gasteiger partial charge in [-0.25, -0.2) is 0 Å². The van der Waals surface area contributed by atoms with Crippen LogP contribution in [0.3, 0.4) is 0 Å². The van der Waals surface area contributed by atoms with E-state index in [0.717, 1.165) is 10.0 Å². The van der Waals surface area contributed by atoms with Crippen molar-refractivity contribution in [2.75, 3.05) is 5.32 Å². The van der Waals surface area contributed by atoms with Gasteiger partial charge in [0.2, 0.25) is 5.91 Å². The highest BCUT2D eigenvalue weighted by Gasteiger charge is 2.12. The predicted molar refractivity (Wildman–Crippen MR) is 85.8 cm³/mol. The Morgan fingerprint density at radius 1 is 1.25 bits per heavy atom. The third kappa shape index (κ3) is 4.07. The fraction of sp³-hybridized carbons (Fsp3) is 0.133. The lowest BCUT2D eigenvalue weighted by Gasteiger charge is -2.13. The normalized spacial score (nSPS) is 11.9. The fourth-order valence-electron chi connectivity index (χ4n) is 1.81. The molecule has 1 atom stereocenters. The molecule has 5 heteroatoms. The number of benzene rings is 2. The molecule has 0 aliphatic heterocycles. The quantitative estimate of drug-likeness (QED) is 0.868. The SMILES string of the molecule is NC(CC(=O)Nc1cc(Br)ccc1Cl)c1ccccc1. The van der Waals surface area contributed by atoms with Crippen molar-refractivity contribution in [3.8, 4) is 0 Å². The highest BCUT2D eigenvalue weighted by Crippen LogP contribution is 2.26. The fourth-order valence-corrected chi connectivity index (χ4v) is 2.34. The van der Waals surface area contributed by atoms with Crippen LogP contribution >= 0.6 is 27.5 Å². The average Bonchev–Trinajstić information content (AvgIpc) is 2.43. The van der Waals surface area contributed by atoms with Crippen molar-refractivity contribution in [1.82, 2.24) is 0 Å². The topological polar surface area (TPSA) is 55.1 Å². The molecule has 20 heavy (non-hydrogen) atoms. The summed E-state index contributed by atoms with van der Waals surface area (Å²) in [5.41, 5.74) is 7.52. The van der Waals surface area contributed by atoms with E-state index >= 15 is 0 Å². The molecule has 0 aliphatic rings. The Bertz CT molecular complexity index is 604. The lowest BCUT2D eigenvalue weighted by Crippen LogP contribution is -2.20. The van der Waals surface area contributed by atoms with E-state index < -0.39 is 0 Å². The summed E-state index contributed by atoms with van der Waals surface area (Å²) in [6.07, 6.45) is 0.201. The molecule has 0 aliphatic carbocycles. The molecule has 0 saturated carbocycles. The van der Waals surface area contributed by atoms with Crippen molar-refractivity contribution in [1.29, 1.82) is 0 Å². The number of amides is 1. The van der Waals surface area contributed by atoms with Crippen LogP contribution in [0.15, 0.2) is 53.0 Å². The molecule has 1 unspecified atom stereocenters. The van der Waals surface area contributed by atoms with Crippen LogP contribution in [0.4, 0.5) is 5.69 Å². The molecule has 3 N–H and O–H groups in total. The van der Waals surface area contributed by atoms with Crippen LogP contribution < -0.4 is 11.1 Å². The summed E-state index contributed by atoms with van der Waals surface area (Å²) in [6.45, 7) is 0. The van der Waals surface area contributed by atoms with Gasteiger partial charge < -0.3 is 11.1 Å². The van der Waals surface area contributed by atoms with Crippen molar-refractivity contribution in [2.24, 2.45) is 5.73 Å². The van der Waals surface area contributed by atoms with Crippen LogP contribution in [0, 0.1) is 0 Å². The van der Waals surface area contributed by atoms with Crippen LogP contribution in [-0.4, -0.2) is 5.91 Å². The Kier molecular flexibility index (Phi) is 5.17. The second kappa shape index (κ2) is 6.88. The molecule has 3 nitrogen and oxygen atoms in total. The van der Waals surface area contributed by atoms with Crippen molar-refractivity contribution in [2.45, 2.75) is 12.5 Å². The second-order valence-electron chi connectivity index (χ2n) is 4.39. The first kappa shape index (κ1) is 15.0. The van der Waals surface area contributed by atoms with Crippen molar-refractivity contribution in [3.05, 3.63) is 63.6 Å². The monoisotopic (exact) mass is 352 g/mol. The molecular weight excluding hydrogens is 340 g/mol. The van der Waals surface area contributed by atoms with Crippen molar-refractivity contribution in [3.63, 3.8) is 0 Å². The number of halogens is 2. The smallest absolute Gasteiger partial charge is 0.226 e. The van der Waals surface area contributed by atoms with Crippen molar-refractivity contribution < 1.29 is 4.79 Å². The second-order valence-corrected chi connectivity index (χ2v) is 5.72. The zero-order chi connectivity index (χ0) is 14.5. The molecule has 1 amide bonds. The molecule has 2 aromatic carbocycles. The first-order valence-electron chi connectivity index (χ1n) is 6.11. The van der Waals surface area contributed by atoms with E-state index in [4.69, 9.17) is 17.3 Å². The zero-order valence-electron chi connectivity index (χ0n) is 10.6. The minimum Gasteiger partial charge on any atom is -0.325 e. The van der Waals surface area contributed by atoms with Gasteiger partial charge in [-0.2, -0.15) is 0 Å². The number of anilines is 1. The van der Waals surface area contributed by atoms with E-state index in [-0.39, 0.29) is 18.4 Å². The molecule has 0 aromatic heterocycles. The van der Waals surface area contributed by atoms with Crippen molar-refractivity contribution >= 4 is 39.1 Å². The summed E-state index contributed by atoms with van der Waals surface area (Å²) in [5.74, 6) is -0.165. The van der Waals surface area contributed by atoms with Crippen LogP contribution in [0.1, 0.15) is 18.0 Å². The largest absolute Gasteiger partial charge is 0.325 e. The molecule has 2 aromatic rings. The number of carbonyl (C=O) groups excluding carboxylic acids is 1. The molecule has 0 saturated heterocycles. The molecule has 0 spiro atoms.